The van der Waals surface area contributed by atoms with E-state index in [1.807, 2.05) is 42.1 Å². The lowest BCUT2D eigenvalue weighted by Gasteiger charge is -1.81. The summed E-state index contributed by atoms with van der Waals surface area (Å²) in [6.45, 7) is 0. The molecule has 0 fully saturated rings. The Balaban J connectivity index is 1.94. The third-order valence-corrected chi connectivity index (χ3v) is 3.26. The molecule has 0 radical (unpaired) electrons. The minimum absolute atomic E-state index is 1.18. The van der Waals surface area contributed by atoms with Crippen LogP contribution in [0.15, 0.2) is 46.2 Å². The molecule has 70 valence electrons. The smallest absolute Gasteiger partial charge is 0.0453 e. The standard InChI is InChI=1S/C11H9NS2/c1-3-10(13-7-1)5-6-12-9-11-4-2-8-14-11/h1-9H/b6-5+,12-9?. The van der Waals surface area contributed by atoms with E-state index in [0.717, 1.165) is 0 Å². The largest absolute Gasteiger partial charge is 0.263 e. The van der Waals surface area contributed by atoms with Crippen LogP contribution >= 0.6 is 22.7 Å². The molecular weight excluding hydrogens is 210 g/mol. The molecule has 0 saturated carbocycles. The van der Waals surface area contributed by atoms with E-state index >= 15 is 0 Å². The lowest BCUT2D eigenvalue weighted by molar-refractivity contribution is 1.62. The van der Waals surface area contributed by atoms with Crippen LogP contribution in [0.25, 0.3) is 6.08 Å². The molecule has 0 bridgehead atoms. The maximum atomic E-state index is 4.20. The predicted octanol–water partition coefficient (Wildman–Crippen LogP) is 3.90. The molecular formula is C11H9NS2. The topological polar surface area (TPSA) is 12.4 Å². The van der Waals surface area contributed by atoms with Gasteiger partial charge in [0.25, 0.3) is 0 Å². The molecule has 0 aliphatic heterocycles. The number of hydrogen-bond donors (Lipinski definition) is 0. The molecule has 0 aromatic carbocycles. The summed E-state index contributed by atoms with van der Waals surface area (Å²) in [6.07, 6.45) is 5.70. The Labute approximate surface area is 91.1 Å². The molecule has 0 atom stereocenters. The molecule has 2 aromatic heterocycles. The Morgan fingerprint density at radius 2 is 1.71 bits per heavy atom. The second kappa shape index (κ2) is 4.88. The fourth-order valence-electron chi connectivity index (χ4n) is 0.984. The number of hydrogen-bond acceptors (Lipinski definition) is 3. The van der Waals surface area contributed by atoms with Gasteiger partial charge in [-0.05, 0) is 29.0 Å². The number of rotatable bonds is 3. The molecule has 0 N–H and O–H groups in total. The zero-order chi connectivity index (χ0) is 9.64. The van der Waals surface area contributed by atoms with Gasteiger partial charge < -0.3 is 0 Å². The first-order valence-electron chi connectivity index (χ1n) is 4.22. The minimum atomic E-state index is 1.18. The summed E-state index contributed by atoms with van der Waals surface area (Å²) < 4.78 is 0. The Morgan fingerprint density at radius 3 is 2.36 bits per heavy atom. The van der Waals surface area contributed by atoms with Crippen molar-refractivity contribution in [3.05, 3.63) is 51.0 Å². The van der Waals surface area contributed by atoms with Crippen molar-refractivity contribution in [2.24, 2.45) is 4.99 Å². The van der Waals surface area contributed by atoms with Crippen LogP contribution in [0.2, 0.25) is 0 Å². The van der Waals surface area contributed by atoms with E-state index in [-0.39, 0.29) is 0 Å². The average molecular weight is 219 g/mol. The van der Waals surface area contributed by atoms with Crippen LogP contribution in [-0.2, 0) is 0 Å². The molecule has 0 aliphatic rings. The van der Waals surface area contributed by atoms with Gasteiger partial charge in [0.15, 0.2) is 0 Å². The second-order valence-electron chi connectivity index (χ2n) is 2.62. The van der Waals surface area contributed by atoms with E-state index in [9.17, 15) is 0 Å². The summed E-state index contributed by atoms with van der Waals surface area (Å²) in [5, 5.41) is 4.10. The summed E-state index contributed by atoms with van der Waals surface area (Å²) in [5.74, 6) is 0. The SMILES string of the molecule is C(=N/C=C/c1cccs1)c1cccs1. The van der Waals surface area contributed by atoms with Crippen LogP contribution in [0.3, 0.4) is 0 Å². The molecule has 0 unspecified atom stereocenters. The van der Waals surface area contributed by atoms with Gasteiger partial charge in [0, 0.05) is 22.2 Å². The fourth-order valence-corrected chi connectivity index (χ4v) is 2.19. The number of aliphatic imine (C=N–C) groups is 1. The monoisotopic (exact) mass is 219 g/mol. The highest BCUT2D eigenvalue weighted by atomic mass is 32.1. The highest BCUT2D eigenvalue weighted by Gasteiger charge is 1.85. The molecule has 14 heavy (non-hydrogen) atoms. The first-order chi connectivity index (χ1) is 6.95. The second-order valence-corrected chi connectivity index (χ2v) is 4.58. The van der Waals surface area contributed by atoms with Crippen LogP contribution in [0, 0.1) is 0 Å². The zero-order valence-electron chi connectivity index (χ0n) is 7.46. The Kier molecular flexibility index (Phi) is 3.27. The van der Waals surface area contributed by atoms with Gasteiger partial charge in [-0.1, -0.05) is 12.1 Å². The van der Waals surface area contributed by atoms with Gasteiger partial charge in [-0.15, -0.1) is 22.7 Å². The molecule has 0 aliphatic carbocycles. The molecule has 2 aromatic rings. The molecule has 0 saturated heterocycles. The van der Waals surface area contributed by atoms with Gasteiger partial charge in [0.05, 0.1) is 0 Å². The van der Waals surface area contributed by atoms with E-state index in [4.69, 9.17) is 0 Å². The Bertz CT molecular complexity index is 368. The molecule has 2 rings (SSSR count). The van der Waals surface area contributed by atoms with Crippen LogP contribution in [0.1, 0.15) is 9.75 Å². The first kappa shape index (κ1) is 9.37. The van der Waals surface area contributed by atoms with Crippen molar-refractivity contribution in [3.8, 4) is 0 Å². The lowest BCUT2D eigenvalue weighted by Crippen LogP contribution is -1.67. The molecule has 2 heterocycles. The maximum absolute atomic E-state index is 4.20. The summed E-state index contributed by atoms with van der Waals surface area (Å²) in [4.78, 5) is 6.61. The van der Waals surface area contributed by atoms with Crippen LogP contribution < -0.4 is 0 Å². The maximum Gasteiger partial charge on any atom is 0.0453 e. The molecule has 3 heteroatoms. The third-order valence-electron chi connectivity index (χ3n) is 1.61. The van der Waals surface area contributed by atoms with Gasteiger partial charge in [-0.2, -0.15) is 0 Å². The van der Waals surface area contributed by atoms with Crippen molar-refractivity contribution in [2.45, 2.75) is 0 Å². The Morgan fingerprint density at radius 1 is 1.00 bits per heavy atom. The fraction of sp³-hybridized carbons (Fsp3) is 0. The van der Waals surface area contributed by atoms with Gasteiger partial charge in [-0.3, -0.25) is 4.99 Å². The number of thiophene rings is 2. The van der Waals surface area contributed by atoms with E-state index < -0.39 is 0 Å². The third kappa shape index (κ3) is 2.65. The van der Waals surface area contributed by atoms with Crippen LogP contribution in [0.4, 0.5) is 0 Å². The van der Waals surface area contributed by atoms with Crippen molar-refractivity contribution in [1.29, 1.82) is 0 Å². The van der Waals surface area contributed by atoms with E-state index in [2.05, 4.69) is 16.4 Å². The first-order valence-corrected chi connectivity index (χ1v) is 5.98. The van der Waals surface area contributed by atoms with Gasteiger partial charge >= 0.3 is 0 Å². The van der Waals surface area contributed by atoms with Crippen LogP contribution in [-0.4, -0.2) is 6.21 Å². The predicted molar refractivity (Wildman–Crippen MR) is 65.3 cm³/mol. The van der Waals surface area contributed by atoms with Gasteiger partial charge in [-0.25, -0.2) is 0 Å². The van der Waals surface area contributed by atoms with Crippen molar-refractivity contribution in [2.75, 3.05) is 0 Å². The summed E-state index contributed by atoms with van der Waals surface area (Å²) in [5.41, 5.74) is 0. The van der Waals surface area contributed by atoms with Gasteiger partial charge in [0.2, 0.25) is 0 Å². The summed E-state index contributed by atoms with van der Waals surface area (Å²) >= 11 is 3.40. The zero-order valence-corrected chi connectivity index (χ0v) is 9.09. The van der Waals surface area contributed by atoms with Crippen molar-refractivity contribution in [1.82, 2.24) is 0 Å². The number of nitrogens with zero attached hydrogens (tertiary/aromatic N) is 1. The molecule has 0 amide bonds. The lowest BCUT2D eigenvalue weighted by atomic mass is 10.4. The van der Waals surface area contributed by atoms with Gasteiger partial charge in [0.1, 0.15) is 0 Å². The highest BCUT2D eigenvalue weighted by molar-refractivity contribution is 7.11. The van der Waals surface area contributed by atoms with Crippen molar-refractivity contribution in [3.63, 3.8) is 0 Å². The summed E-state index contributed by atoms with van der Waals surface area (Å²) in [6, 6.07) is 8.18. The minimum Gasteiger partial charge on any atom is -0.263 e. The normalized spacial score (nSPS) is 11.7. The van der Waals surface area contributed by atoms with Crippen molar-refractivity contribution < 1.29 is 0 Å². The van der Waals surface area contributed by atoms with E-state index in [0.29, 0.717) is 0 Å². The van der Waals surface area contributed by atoms with E-state index in [1.165, 1.54) is 9.75 Å². The molecule has 1 nitrogen and oxygen atoms in total. The summed E-state index contributed by atoms with van der Waals surface area (Å²) in [7, 11) is 0. The van der Waals surface area contributed by atoms with Crippen molar-refractivity contribution >= 4 is 35.0 Å². The quantitative estimate of drug-likeness (QED) is 0.694. The highest BCUT2D eigenvalue weighted by Crippen LogP contribution is 2.10. The molecule has 0 spiro atoms. The average Bonchev–Trinajstić information content (AvgIpc) is 2.86. The Hall–Kier alpha value is -1.19. The van der Waals surface area contributed by atoms with E-state index in [1.54, 1.807) is 22.7 Å². The van der Waals surface area contributed by atoms with Crippen LogP contribution in [0.5, 0.6) is 0 Å².